The first-order chi connectivity index (χ1) is 5.24. The predicted molar refractivity (Wildman–Crippen MR) is 54.1 cm³/mol. The second kappa shape index (κ2) is 4.49. The van der Waals surface area contributed by atoms with Gasteiger partial charge in [-0.15, -0.1) is 0 Å². The first-order valence-electron chi connectivity index (χ1n) is 4.88. The van der Waals surface area contributed by atoms with E-state index in [1.165, 1.54) is 32.1 Å². The van der Waals surface area contributed by atoms with E-state index in [0.717, 1.165) is 16.7 Å². The van der Waals surface area contributed by atoms with Crippen LogP contribution < -0.4 is 0 Å². The molecule has 0 aromatic rings. The van der Waals surface area contributed by atoms with E-state index < -0.39 is 0 Å². The Bertz CT molecular complexity index is 107. The summed E-state index contributed by atoms with van der Waals surface area (Å²) in [5.74, 6) is 1.95. The van der Waals surface area contributed by atoms with Crippen LogP contribution in [0.1, 0.15) is 46.0 Å². The minimum absolute atomic E-state index is 0.830. The van der Waals surface area contributed by atoms with Gasteiger partial charge in [0.1, 0.15) is 0 Å². The zero-order chi connectivity index (χ0) is 8.27. The maximum absolute atomic E-state index is 3.76. The van der Waals surface area contributed by atoms with Crippen LogP contribution in [-0.4, -0.2) is 4.83 Å². The minimum Gasteiger partial charge on any atom is -0.0888 e. The van der Waals surface area contributed by atoms with Gasteiger partial charge in [-0.25, -0.2) is 0 Å². The number of alkyl halides is 1. The summed E-state index contributed by atoms with van der Waals surface area (Å²) in [5, 5.41) is 0. The molecule has 1 fully saturated rings. The molecule has 66 valence electrons. The summed E-state index contributed by atoms with van der Waals surface area (Å²) in [6, 6.07) is 0. The molecule has 0 spiro atoms. The van der Waals surface area contributed by atoms with E-state index in [4.69, 9.17) is 0 Å². The third kappa shape index (κ3) is 3.59. The molecule has 2 unspecified atom stereocenters. The molecule has 0 nitrogen and oxygen atoms in total. The van der Waals surface area contributed by atoms with Gasteiger partial charge in [-0.2, -0.15) is 0 Å². The molecule has 0 aromatic heterocycles. The van der Waals surface area contributed by atoms with Crippen LogP contribution in [0.3, 0.4) is 0 Å². The average molecular weight is 219 g/mol. The Morgan fingerprint density at radius 1 is 1.36 bits per heavy atom. The zero-order valence-corrected chi connectivity index (χ0v) is 9.23. The largest absolute Gasteiger partial charge is 0.0888 e. The number of rotatable bonds is 5. The molecule has 0 saturated heterocycles. The smallest absolute Gasteiger partial charge is 0.0174 e. The highest BCUT2D eigenvalue weighted by atomic mass is 79.9. The summed E-state index contributed by atoms with van der Waals surface area (Å²) in [6.45, 7) is 4.64. The third-order valence-corrected chi connectivity index (χ3v) is 3.97. The van der Waals surface area contributed by atoms with Crippen molar-refractivity contribution in [1.29, 1.82) is 0 Å². The molecule has 0 aliphatic heterocycles. The zero-order valence-electron chi connectivity index (χ0n) is 7.65. The maximum Gasteiger partial charge on any atom is 0.0174 e. The lowest BCUT2D eigenvalue weighted by atomic mass is 10.0. The highest BCUT2D eigenvalue weighted by Gasteiger charge is 2.28. The number of hydrogen-bond donors (Lipinski definition) is 0. The Balaban J connectivity index is 2.00. The molecule has 1 saturated carbocycles. The predicted octanol–water partition coefficient (Wildman–Crippen LogP) is 3.99. The van der Waals surface area contributed by atoms with Crippen molar-refractivity contribution in [3.05, 3.63) is 0 Å². The van der Waals surface area contributed by atoms with Crippen molar-refractivity contribution in [1.82, 2.24) is 0 Å². The molecule has 2 atom stereocenters. The molecular formula is C10H19Br. The van der Waals surface area contributed by atoms with E-state index in [1.54, 1.807) is 0 Å². The topological polar surface area (TPSA) is 0 Å². The highest BCUT2D eigenvalue weighted by molar-refractivity contribution is 9.09. The van der Waals surface area contributed by atoms with Gasteiger partial charge < -0.3 is 0 Å². The molecule has 0 N–H and O–H groups in total. The molecule has 0 bridgehead atoms. The normalized spacial score (nSPS) is 23.2. The van der Waals surface area contributed by atoms with E-state index in [2.05, 4.69) is 29.8 Å². The monoisotopic (exact) mass is 218 g/mol. The second-order valence-electron chi connectivity index (χ2n) is 3.94. The summed E-state index contributed by atoms with van der Waals surface area (Å²) >= 11 is 3.76. The second-order valence-corrected chi connectivity index (χ2v) is 5.12. The number of hydrogen-bond acceptors (Lipinski definition) is 0. The number of halogens is 1. The Morgan fingerprint density at radius 3 is 2.45 bits per heavy atom. The molecule has 0 amide bonds. The third-order valence-electron chi connectivity index (χ3n) is 2.77. The van der Waals surface area contributed by atoms with Gasteiger partial charge in [-0.05, 0) is 37.5 Å². The summed E-state index contributed by atoms with van der Waals surface area (Å²) in [5.41, 5.74) is 0. The van der Waals surface area contributed by atoms with Gasteiger partial charge in [0.15, 0.2) is 0 Å². The Morgan fingerprint density at radius 2 is 2.00 bits per heavy atom. The Kier molecular flexibility index (Phi) is 3.91. The van der Waals surface area contributed by atoms with Crippen LogP contribution in [0.2, 0.25) is 0 Å². The SMILES string of the molecule is CCC(C)CCC(Br)C1CC1. The molecule has 1 rings (SSSR count). The van der Waals surface area contributed by atoms with Crippen LogP contribution in [0.15, 0.2) is 0 Å². The summed E-state index contributed by atoms with van der Waals surface area (Å²) in [7, 11) is 0. The van der Waals surface area contributed by atoms with Gasteiger partial charge in [0.2, 0.25) is 0 Å². The molecule has 0 heterocycles. The van der Waals surface area contributed by atoms with E-state index in [-0.39, 0.29) is 0 Å². The summed E-state index contributed by atoms with van der Waals surface area (Å²) < 4.78 is 0. The van der Waals surface area contributed by atoms with Crippen LogP contribution in [0, 0.1) is 11.8 Å². The standard InChI is InChI=1S/C10H19Br/c1-3-8(2)4-7-10(11)9-5-6-9/h8-10H,3-7H2,1-2H3. The average Bonchev–Trinajstić information content (AvgIpc) is 2.81. The Labute approximate surface area is 78.9 Å². The first kappa shape index (κ1) is 9.57. The lowest BCUT2D eigenvalue weighted by Crippen LogP contribution is -2.03. The van der Waals surface area contributed by atoms with E-state index in [9.17, 15) is 0 Å². The van der Waals surface area contributed by atoms with Gasteiger partial charge in [-0.1, -0.05) is 36.2 Å². The highest BCUT2D eigenvalue weighted by Crippen LogP contribution is 2.39. The maximum atomic E-state index is 3.76. The van der Waals surface area contributed by atoms with Crippen molar-refractivity contribution in [2.24, 2.45) is 11.8 Å². The van der Waals surface area contributed by atoms with Crippen molar-refractivity contribution in [3.63, 3.8) is 0 Å². The fourth-order valence-electron chi connectivity index (χ4n) is 1.34. The van der Waals surface area contributed by atoms with E-state index in [1.807, 2.05) is 0 Å². The lowest BCUT2D eigenvalue weighted by molar-refractivity contribution is 0.482. The van der Waals surface area contributed by atoms with Crippen LogP contribution in [0.4, 0.5) is 0 Å². The van der Waals surface area contributed by atoms with Crippen LogP contribution in [0.25, 0.3) is 0 Å². The summed E-state index contributed by atoms with van der Waals surface area (Å²) in [6.07, 6.45) is 7.07. The van der Waals surface area contributed by atoms with Crippen molar-refractivity contribution in [3.8, 4) is 0 Å². The van der Waals surface area contributed by atoms with Crippen LogP contribution in [-0.2, 0) is 0 Å². The van der Waals surface area contributed by atoms with Gasteiger partial charge in [0, 0.05) is 4.83 Å². The Hall–Kier alpha value is 0.480. The summed E-state index contributed by atoms with van der Waals surface area (Å²) in [4.78, 5) is 0.830. The lowest BCUT2D eigenvalue weighted by Gasteiger charge is -2.11. The minimum atomic E-state index is 0.830. The van der Waals surface area contributed by atoms with Gasteiger partial charge in [0.25, 0.3) is 0 Å². The molecular weight excluding hydrogens is 200 g/mol. The first-order valence-corrected chi connectivity index (χ1v) is 5.79. The molecule has 1 heteroatoms. The fourth-order valence-corrected chi connectivity index (χ4v) is 2.13. The fraction of sp³-hybridized carbons (Fsp3) is 1.00. The van der Waals surface area contributed by atoms with Crippen LogP contribution in [0.5, 0.6) is 0 Å². The van der Waals surface area contributed by atoms with Gasteiger partial charge in [-0.3, -0.25) is 0 Å². The molecule has 0 aromatic carbocycles. The van der Waals surface area contributed by atoms with Crippen LogP contribution >= 0.6 is 15.9 Å². The van der Waals surface area contributed by atoms with Crippen molar-refractivity contribution in [2.75, 3.05) is 0 Å². The van der Waals surface area contributed by atoms with Crippen molar-refractivity contribution >= 4 is 15.9 Å². The van der Waals surface area contributed by atoms with Crippen molar-refractivity contribution < 1.29 is 0 Å². The van der Waals surface area contributed by atoms with Crippen molar-refractivity contribution in [2.45, 2.75) is 50.8 Å². The molecule has 0 radical (unpaired) electrons. The molecule has 1 aliphatic carbocycles. The van der Waals surface area contributed by atoms with Gasteiger partial charge in [0.05, 0.1) is 0 Å². The van der Waals surface area contributed by atoms with E-state index in [0.29, 0.717) is 0 Å². The molecule has 1 aliphatic rings. The van der Waals surface area contributed by atoms with E-state index >= 15 is 0 Å². The molecule has 11 heavy (non-hydrogen) atoms. The van der Waals surface area contributed by atoms with Gasteiger partial charge >= 0.3 is 0 Å². The quantitative estimate of drug-likeness (QED) is 0.613.